The Balaban J connectivity index is 1.86. The Morgan fingerprint density at radius 1 is 1.17 bits per heavy atom. The van der Waals surface area contributed by atoms with Crippen molar-refractivity contribution in [1.29, 1.82) is 0 Å². The fraction of sp³-hybridized carbons (Fsp3) is 0.611. The number of hydrogen-bond donors (Lipinski definition) is 1. The normalized spacial score (nSPS) is 27.5. The minimum absolute atomic E-state index is 0.181. The lowest BCUT2D eigenvalue weighted by atomic mass is 9.73. The molecule has 1 aliphatic carbocycles. The van der Waals surface area contributed by atoms with E-state index in [-0.39, 0.29) is 5.92 Å². The van der Waals surface area contributed by atoms with E-state index in [0.29, 0.717) is 6.04 Å². The van der Waals surface area contributed by atoms with Crippen LogP contribution < -0.4 is 0 Å². The SMILES string of the molecule is O=C(O)C(c1ccc(Br)cc1)C1CCCCC1N1CCOCC1. The maximum atomic E-state index is 12.1. The lowest BCUT2D eigenvalue weighted by molar-refractivity contribution is -0.141. The van der Waals surface area contributed by atoms with E-state index in [0.717, 1.165) is 55.6 Å². The van der Waals surface area contributed by atoms with Gasteiger partial charge in [-0.3, -0.25) is 9.69 Å². The highest BCUT2D eigenvalue weighted by Gasteiger charge is 2.39. The topological polar surface area (TPSA) is 49.8 Å². The average molecular weight is 382 g/mol. The summed E-state index contributed by atoms with van der Waals surface area (Å²) in [4.78, 5) is 14.5. The van der Waals surface area contributed by atoms with E-state index >= 15 is 0 Å². The van der Waals surface area contributed by atoms with E-state index in [9.17, 15) is 9.90 Å². The van der Waals surface area contributed by atoms with Gasteiger partial charge in [-0.1, -0.05) is 40.9 Å². The molecule has 1 aromatic rings. The number of hydrogen-bond acceptors (Lipinski definition) is 3. The van der Waals surface area contributed by atoms with Crippen LogP contribution in [0.1, 0.15) is 37.2 Å². The highest BCUT2D eigenvalue weighted by Crippen LogP contribution is 2.39. The van der Waals surface area contributed by atoms with Crippen molar-refractivity contribution in [2.24, 2.45) is 5.92 Å². The van der Waals surface area contributed by atoms with Crippen molar-refractivity contribution in [2.45, 2.75) is 37.6 Å². The van der Waals surface area contributed by atoms with Gasteiger partial charge in [-0.25, -0.2) is 0 Å². The van der Waals surface area contributed by atoms with Crippen molar-refractivity contribution in [2.75, 3.05) is 26.3 Å². The van der Waals surface area contributed by atoms with Crippen LogP contribution in [0.25, 0.3) is 0 Å². The van der Waals surface area contributed by atoms with Crippen LogP contribution in [0.2, 0.25) is 0 Å². The number of aliphatic carboxylic acids is 1. The van der Waals surface area contributed by atoms with Crippen molar-refractivity contribution < 1.29 is 14.6 Å². The average Bonchev–Trinajstić information content (AvgIpc) is 2.58. The molecule has 5 heteroatoms. The lowest BCUT2D eigenvalue weighted by Crippen LogP contribution is -2.50. The summed E-state index contributed by atoms with van der Waals surface area (Å²) in [6.07, 6.45) is 4.43. The van der Waals surface area contributed by atoms with E-state index in [1.54, 1.807) is 0 Å². The molecular formula is C18H24BrNO3. The smallest absolute Gasteiger partial charge is 0.311 e. The highest BCUT2D eigenvalue weighted by atomic mass is 79.9. The molecule has 0 aromatic heterocycles. The van der Waals surface area contributed by atoms with E-state index in [2.05, 4.69) is 20.8 Å². The number of rotatable bonds is 4. The van der Waals surface area contributed by atoms with Crippen molar-refractivity contribution in [3.05, 3.63) is 34.3 Å². The molecule has 3 rings (SSSR count). The summed E-state index contributed by atoms with van der Waals surface area (Å²) >= 11 is 3.43. The Morgan fingerprint density at radius 2 is 1.83 bits per heavy atom. The maximum Gasteiger partial charge on any atom is 0.311 e. The molecule has 2 aliphatic rings. The molecule has 1 aliphatic heterocycles. The molecular weight excluding hydrogens is 358 g/mol. The molecule has 23 heavy (non-hydrogen) atoms. The molecule has 0 radical (unpaired) electrons. The zero-order chi connectivity index (χ0) is 16.2. The number of nitrogens with zero attached hydrogens (tertiary/aromatic N) is 1. The molecule has 126 valence electrons. The van der Waals surface area contributed by atoms with Crippen LogP contribution in [0, 0.1) is 5.92 Å². The third kappa shape index (κ3) is 3.95. The molecule has 1 aromatic carbocycles. The maximum absolute atomic E-state index is 12.1. The highest BCUT2D eigenvalue weighted by molar-refractivity contribution is 9.10. The molecule has 3 unspecified atom stereocenters. The first-order valence-corrected chi connectivity index (χ1v) is 9.26. The Bertz CT molecular complexity index is 528. The number of halogens is 1. The van der Waals surface area contributed by atoms with Crippen LogP contribution in [-0.4, -0.2) is 48.3 Å². The van der Waals surface area contributed by atoms with Gasteiger partial charge in [0.1, 0.15) is 0 Å². The van der Waals surface area contributed by atoms with Crippen LogP contribution in [0.5, 0.6) is 0 Å². The number of morpholine rings is 1. The van der Waals surface area contributed by atoms with Crippen molar-refractivity contribution >= 4 is 21.9 Å². The molecule has 1 saturated heterocycles. The van der Waals surface area contributed by atoms with E-state index < -0.39 is 11.9 Å². The van der Waals surface area contributed by atoms with Gasteiger partial charge in [0.25, 0.3) is 0 Å². The van der Waals surface area contributed by atoms with Crippen LogP contribution in [0.3, 0.4) is 0 Å². The molecule has 0 amide bonds. The molecule has 0 spiro atoms. The molecule has 3 atom stereocenters. The predicted molar refractivity (Wildman–Crippen MR) is 92.7 cm³/mol. The number of carbonyl (C=O) groups is 1. The fourth-order valence-electron chi connectivity index (χ4n) is 4.13. The minimum atomic E-state index is -0.697. The van der Waals surface area contributed by atoms with Crippen LogP contribution in [0.15, 0.2) is 28.7 Å². The van der Waals surface area contributed by atoms with E-state index in [1.165, 1.54) is 6.42 Å². The first kappa shape index (κ1) is 16.9. The third-order valence-corrected chi connectivity index (χ3v) is 5.75. The van der Waals surface area contributed by atoms with Crippen LogP contribution >= 0.6 is 15.9 Å². The van der Waals surface area contributed by atoms with Crippen LogP contribution in [0.4, 0.5) is 0 Å². The molecule has 4 nitrogen and oxygen atoms in total. The molecule has 1 saturated carbocycles. The third-order valence-electron chi connectivity index (χ3n) is 5.22. The Kier molecular flexibility index (Phi) is 5.72. The Morgan fingerprint density at radius 3 is 2.48 bits per heavy atom. The first-order chi connectivity index (χ1) is 11.2. The van der Waals surface area contributed by atoms with Crippen molar-refractivity contribution in [3.8, 4) is 0 Å². The lowest BCUT2D eigenvalue weighted by Gasteiger charge is -2.43. The van der Waals surface area contributed by atoms with Gasteiger partial charge in [-0.2, -0.15) is 0 Å². The number of carboxylic acids is 1. The molecule has 1 N–H and O–H groups in total. The van der Waals surface area contributed by atoms with Gasteiger partial charge in [0.05, 0.1) is 19.1 Å². The van der Waals surface area contributed by atoms with Gasteiger partial charge < -0.3 is 9.84 Å². The van der Waals surface area contributed by atoms with Gasteiger partial charge in [0.15, 0.2) is 0 Å². The van der Waals surface area contributed by atoms with Gasteiger partial charge in [0.2, 0.25) is 0 Å². The monoisotopic (exact) mass is 381 g/mol. The first-order valence-electron chi connectivity index (χ1n) is 8.47. The van der Waals surface area contributed by atoms with Gasteiger partial charge in [-0.15, -0.1) is 0 Å². The second kappa shape index (κ2) is 7.77. The molecule has 0 bridgehead atoms. The fourth-order valence-corrected chi connectivity index (χ4v) is 4.40. The predicted octanol–water partition coefficient (Wildman–Crippen LogP) is 3.51. The second-order valence-electron chi connectivity index (χ2n) is 6.53. The van der Waals surface area contributed by atoms with Gasteiger partial charge >= 0.3 is 5.97 Å². The summed E-state index contributed by atoms with van der Waals surface area (Å²) in [5, 5.41) is 9.91. The summed E-state index contributed by atoms with van der Waals surface area (Å²) in [7, 11) is 0. The Labute approximate surface area is 145 Å². The largest absolute Gasteiger partial charge is 0.481 e. The van der Waals surface area contributed by atoms with E-state index in [1.807, 2.05) is 24.3 Å². The molecule has 1 heterocycles. The quantitative estimate of drug-likeness (QED) is 0.866. The second-order valence-corrected chi connectivity index (χ2v) is 7.45. The summed E-state index contributed by atoms with van der Waals surface area (Å²) in [5.41, 5.74) is 0.922. The number of ether oxygens (including phenoxy) is 1. The molecule has 2 fully saturated rings. The zero-order valence-electron chi connectivity index (χ0n) is 13.3. The van der Waals surface area contributed by atoms with E-state index in [4.69, 9.17) is 4.74 Å². The van der Waals surface area contributed by atoms with Crippen molar-refractivity contribution in [3.63, 3.8) is 0 Å². The van der Waals surface area contributed by atoms with Crippen LogP contribution in [-0.2, 0) is 9.53 Å². The number of carboxylic acid groups (broad SMARTS) is 1. The summed E-state index contributed by atoms with van der Waals surface area (Å²) in [6, 6.07) is 8.15. The minimum Gasteiger partial charge on any atom is -0.481 e. The Hall–Kier alpha value is -0.910. The summed E-state index contributed by atoms with van der Waals surface area (Å²) < 4.78 is 6.45. The standard InChI is InChI=1S/C18H24BrNO3/c19-14-7-5-13(6-8-14)17(18(21)22)15-3-1-2-4-16(15)20-9-11-23-12-10-20/h5-8,15-17H,1-4,9-12H2,(H,21,22). The van der Waals surface area contributed by atoms with Gasteiger partial charge in [-0.05, 0) is 36.5 Å². The van der Waals surface area contributed by atoms with Crippen molar-refractivity contribution in [1.82, 2.24) is 4.90 Å². The summed E-state index contributed by atoms with van der Waals surface area (Å²) in [6.45, 7) is 3.38. The number of benzene rings is 1. The van der Waals surface area contributed by atoms with Gasteiger partial charge in [0, 0.05) is 23.6 Å². The zero-order valence-corrected chi connectivity index (χ0v) is 14.9. The summed E-state index contributed by atoms with van der Waals surface area (Å²) in [5.74, 6) is -0.936.